The van der Waals surface area contributed by atoms with Crippen molar-refractivity contribution < 1.29 is 4.79 Å². The lowest BCUT2D eigenvalue weighted by Crippen LogP contribution is -2.45. The van der Waals surface area contributed by atoms with Gasteiger partial charge in [0, 0.05) is 31.1 Å². The van der Waals surface area contributed by atoms with E-state index in [1.54, 1.807) is 0 Å². The fourth-order valence-corrected chi connectivity index (χ4v) is 5.59. The number of nitrogens with zero attached hydrogens (tertiary/aromatic N) is 3. The molecule has 1 atom stereocenters. The van der Waals surface area contributed by atoms with Crippen LogP contribution in [0.5, 0.6) is 0 Å². The highest BCUT2D eigenvalue weighted by molar-refractivity contribution is 5.79. The highest BCUT2D eigenvalue weighted by Gasteiger charge is 2.34. The molecule has 1 aromatic heterocycles. The predicted molar refractivity (Wildman–Crippen MR) is 133 cm³/mol. The highest BCUT2D eigenvalue weighted by atomic mass is 16.2. The number of imidazole rings is 1. The number of benzene rings is 2. The lowest BCUT2D eigenvalue weighted by Gasteiger charge is -2.41. The van der Waals surface area contributed by atoms with E-state index >= 15 is 0 Å². The molecule has 33 heavy (non-hydrogen) atoms. The van der Waals surface area contributed by atoms with Crippen LogP contribution in [0, 0.1) is 12.8 Å². The fourth-order valence-electron chi connectivity index (χ4n) is 5.59. The molecule has 174 valence electrons. The van der Waals surface area contributed by atoms with Crippen molar-refractivity contribution in [2.24, 2.45) is 5.92 Å². The summed E-state index contributed by atoms with van der Waals surface area (Å²) in [5, 5.41) is 3.36. The number of para-hydroxylation sites is 2. The Labute approximate surface area is 197 Å². The Morgan fingerprint density at radius 3 is 2.48 bits per heavy atom. The quantitative estimate of drug-likeness (QED) is 0.545. The summed E-state index contributed by atoms with van der Waals surface area (Å²) in [5.74, 6) is 1.57. The molecule has 2 aliphatic rings. The van der Waals surface area contributed by atoms with Crippen molar-refractivity contribution in [1.29, 1.82) is 0 Å². The monoisotopic (exact) mass is 444 g/mol. The number of hydrogen-bond acceptors (Lipinski definition) is 3. The van der Waals surface area contributed by atoms with Crippen molar-refractivity contribution in [3.8, 4) is 0 Å². The molecule has 5 rings (SSSR count). The van der Waals surface area contributed by atoms with Gasteiger partial charge in [-0.05, 0) is 63.6 Å². The van der Waals surface area contributed by atoms with Gasteiger partial charge in [0.25, 0.3) is 0 Å². The summed E-state index contributed by atoms with van der Waals surface area (Å²) >= 11 is 0. The minimum Gasteiger partial charge on any atom is -0.349 e. The molecule has 1 N–H and O–H groups in total. The van der Waals surface area contributed by atoms with E-state index < -0.39 is 0 Å². The molecule has 1 aliphatic carbocycles. The third kappa shape index (κ3) is 4.56. The van der Waals surface area contributed by atoms with Gasteiger partial charge in [0.1, 0.15) is 5.82 Å². The summed E-state index contributed by atoms with van der Waals surface area (Å²) in [6.45, 7) is 7.66. The first-order chi connectivity index (χ1) is 16.0. The van der Waals surface area contributed by atoms with Gasteiger partial charge in [-0.25, -0.2) is 4.98 Å². The first kappa shape index (κ1) is 22.1. The molecule has 1 amide bonds. The fraction of sp³-hybridized carbons (Fsp3) is 0.500. The Hall–Kier alpha value is -2.66. The smallest absolute Gasteiger partial charge is 0.223 e. The van der Waals surface area contributed by atoms with Crippen LogP contribution >= 0.6 is 0 Å². The Morgan fingerprint density at radius 2 is 1.79 bits per heavy atom. The van der Waals surface area contributed by atoms with Gasteiger partial charge in [-0.3, -0.25) is 4.79 Å². The zero-order valence-corrected chi connectivity index (χ0v) is 20.0. The number of rotatable bonds is 7. The molecule has 1 aliphatic heterocycles. The van der Waals surface area contributed by atoms with Gasteiger partial charge in [0.15, 0.2) is 0 Å². The second-order valence-electron chi connectivity index (χ2n) is 10.2. The molecule has 0 unspecified atom stereocenters. The van der Waals surface area contributed by atoms with Gasteiger partial charge in [-0.2, -0.15) is 0 Å². The molecule has 1 saturated carbocycles. The Morgan fingerprint density at radius 1 is 1.09 bits per heavy atom. The molecule has 0 radical (unpaired) electrons. The van der Waals surface area contributed by atoms with E-state index in [4.69, 9.17) is 4.98 Å². The summed E-state index contributed by atoms with van der Waals surface area (Å²) in [5.41, 5.74) is 3.64. The summed E-state index contributed by atoms with van der Waals surface area (Å²) < 4.78 is 2.46. The number of hydrogen-bond donors (Lipinski definition) is 1. The first-order valence-corrected chi connectivity index (χ1v) is 12.6. The molecule has 2 heterocycles. The van der Waals surface area contributed by atoms with E-state index in [9.17, 15) is 4.79 Å². The van der Waals surface area contributed by atoms with Crippen molar-refractivity contribution in [2.75, 3.05) is 19.6 Å². The SMILES string of the molecule is Cc1nc2ccccc2n1C1(C)CCN(CC[C@H](NC(=O)C2CCC2)c2ccccc2)CC1. The maximum absolute atomic E-state index is 12.7. The number of carbonyl (C=O) groups excluding carboxylic acids is 1. The largest absolute Gasteiger partial charge is 0.349 e. The number of aryl methyl sites for hydroxylation is 1. The Kier molecular flexibility index (Phi) is 6.24. The Balaban J connectivity index is 1.23. The predicted octanol–water partition coefficient (Wildman–Crippen LogP) is 5.20. The van der Waals surface area contributed by atoms with E-state index in [1.165, 1.54) is 17.5 Å². The van der Waals surface area contributed by atoms with Crippen LogP contribution in [-0.2, 0) is 10.3 Å². The van der Waals surface area contributed by atoms with Crippen LogP contribution in [-0.4, -0.2) is 40.0 Å². The zero-order chi connectivity index (χ0) is 22.8. The molecular formula is C28H36N4O. The molecule has 2 fully saturated rings. The maximum atomic E-state index is 12.7. The van der Waals surface area contributed by atoms with Crippen molar-refractivity contribution in [3.63, 3.8) is 0 Å². The van der Waals surface area contributed by atoms with Gasteiger partial charge in [0.05, 0.1) is 17.1 Å². The molecule has 5 heteroatoms. The van der Waals surface area contributed by atoms with E-state index in [0.29, 0.717) is 0 Å². The molecule has 0 spiro atoms. The van der Waals surface area contributed by atoms with Gasteiger partial charge in [-0.1, -0.05) is 48.9 Å². The van der Waals surface area contributed by atoms with E-state index in [1.807, 2.05) is 6.07 Å². The lowest BCUT2D eigenvalue weighted by atomic mass is 9.84. The number of carbonyl (C=O) groups is 1. The van der Waals surface area contributed by atoms with Crippen LogP contribution in [0.25, 0.3) is 11.0 Å². The molecular weight excluding hydrogens is 408 g/mol. The van der Waals surface area contributed by atoms with Crippen LogP contribution in [0.2, 0.25) is 0 Å². The molecule has 0 bridgehead atoms. The van der Waals surface area contributed by atoms with Crippen LogP contribution in [0.15, 0.2) is 54.6 Å². The van der Waals surface area contributed by atoms with Crippen molar-refractivity contribution in [1.82, 2.24) is 19.8 Å². The number of aromatic nitrogens is 2. The van der Waals surface area contributed by atoms with Crippen LogP contribution in [0.3, 0.4) is 0 Å². The van der Waals surface area contributed by atoms with Gasteiger partial charge < -0.3 is 14.8 Å². The number of nitrogens with one attached hydrogen (secondary N) is 1. The third-order valence-electron chi connectivity index (χ3n) is 7.93. The summed E-state index contributed by atoms with van der Waals surface area (Å²) in [4.78, 5) is 20.1. The molecule has 3 aromatic rings. The molecule has 2 aromatic carbocycles. The average molecular weight is 445 g/mol. The normalized spacial score (nSPS) is 19.8. The Bertz CT molecular complexity index is 1090. The number of amides is 1. The zero-order valence-electron chi connectivity index (χ0n) is 20.0. The highest BCUT2D eigenvalue weighted by Crippen LogP contribution is 2.35. The van der Waals surface area contributed by atoms with Gasteiger partial charge >= 0.3 is 0 Å². The van der Waals surface area contributed by atoms with E-state index in [0.717, 1.165) is 63.1 Å². The van der Waals surface area contributed by atoms with Crippen LogP contribution < -0.4 is 5.32 Å². The maximum Gasteiger partial charge on any atom is 0.223 e. The van der Waals surface area contributed by atoms with Crippen molar-refractivity contribution in [3.05, 3.63) is 66.0 Å². The summed E-state index contributed by atoms with van der Waals surface area (Å²) in [6, 6.07) is 19.1. The molecule has 5 nitrogen and oxygen atoms in total. The minimum atomic E-state index is 0.0902. The van der Waals surface area contributed by atoms with Crippen LogP contribution in [0.1, 0.15) is 62.9 Å². The summed E-state index contributed by atoms with van der Waals surface area (Å²) in [7, 11) is 0. The van der Waals surface area contributed by atoms with Crippen molar-refractivity contribution in [2.45, 2.75) is 64.0 Å². The lowest BCUT2D eigenvalue weighted by molar-refractivity contribution is -0.128. The topological polar surface area (TPSA) is 50.2 Å². The van der Waals surface area contributed by atoms with Gasteiger partial charge in [-0.15, -0.1) is 0 Å². The van der Waals surface area contributed by atoms with E-state index in [-0.39, 0.29) is 23.4 Å². The third-order valence-corrected chi connectivity index (χ3v) is 7.93. The number of fused-ring (bicyclic) bond motifs is 1. The number of piperidine rings is 1. The second kappa shape index (κ2) is 9.30. The van der Waals surface area contributed by atoms with E-state index in [2.05, 4.69) is 77.2 Å². The summed E-state index contributed by atoms with van der Waals surface area (Å²) in [6.07, 6.45) is 6.44. The minimum absolute atomic E-state index is 0.0902. The van der Waals surface area contributed by atoms with Crippen LogP contribution in [0.4, 0.5) is 0 Å². The van der Waals surface area contributed by atoms with Gasteiger partial charge in [0.2, 0.25) is 5.91 Å². The standard InChI is InChI=1S/C28H36N4O/c1-21-29-25-13-6-7-14-26(25)32(21)28(2)16-19-31(20-17-28)18-15-24(22-9-4-3-5-10-22)30-27(33)23-11-8-12-23/h3-7,9-10,13-14,23-24H,8,11-12,15-20H2,1-2H3,(H,30,33)/t24-/m0/s1. The number of likely N-dealkylation sites (tertiary alicyclic amines) is 1. The average Bonchev–Trinajstić information content (AvgIpc) is 3.13. The van der Waals surface area contributed by atoms with Crippen molar-refractivity contribution >= 4 is 16.9 Å². The molecule has 1 saturated heterocycles. The first-order valence-electron chi connectivity index (χ1n) is 12.6. The second-order valence-corrected chi connectivity index (χ2v) is 10.2.